The van der Waals surface area contributed by atoms with E-state index in [9.17, 15) is 0 Å². The molecule has 9 nitrogen and oxygen atoms in total. The third kappa shape index (κ3) is 6.40. The predicted molar refractivity (Wildman–Crippen MR) is 229 cm³/mol. The Labute approximate surface area is 380 Å². The maximum absolute atomic E-state index is 9.11. The van der Waals surface area contributed by atoms with Crippen molar-refractivity contribution in [3.63, 3.8) is 0 Å². The summed E-state index contributed by atoms with van der Waals surface area (Å²) in [6.07, 6.45) is 6.86. The summed E-state index contributed by atoms with van der Waals surface area (Å²) in [6.45, 7) is 0. The van der Waals surface area contributed by atoms with E-state index in [0.717, 1.165) is 43.4 Å². The topological polar surface area (TPSA) is 84.8 Å². The molecule has 61 heavy (non-hydrogen) atoms. The van der Waals surface area contributed by atoms with Crippen molar-refractivity contribution >= 4 is 65.4 Å². The second-order valence-corrected chi connectivity index (χ2v) is 13.8. The molecule has 0 saturated carbocycles. The van der Waals surface area contributed by atoms with Crippen LogP contribution in [0.25, 0.3) is 83.0 Å². The molecule has 0 aliphatic carbocycles. The third-order valence-corrected chi connectivity index (χ3v) is 10.4. The van der Waals surface area contributed by atoms with E-state index in [1.54, 1.807) is 43.0 Å². The molecule has 0 amide bonds. The molecule has 0 saturated heterocycles. The maximum atomic E-state index is 9.11. The van der Waals surface area contributed by atoms with Crippen LogP contribution >= 0.6 is 0 Å². The Morgan fingerprint density at radius 2 is 0.787 bits per heavy atom. The molecule has 6 heterocycles. The van der Waals surface area contributed by atoms with Gasteiger partial charge in [-0.25, -0.2) is 19.9 Å². The molecule has 12 rings (SSSR count). The number of hydrogen-bond donors (Lipinski definition) is 0. The molecule has 0 aliphatic heterocycles. The molecule has 0 spiro atoms. The smallest absolute Gasteiger partial charge is 0.509 e. The third-order valence-electron chi connectivity index (χ3n) is 10.4. The Morgan fingerprint density at radius 1 is 0.377 bits per heavy atom. The molecule has 0 atom stereocenters. The van der Waals surface area contributed by atoms with Crippen molar-refractivity contribution in [2.75, 3.05) is 0 Å². The van der Waals surface area contributed by atoms with Gasteiger partial charge in [-0.15, -0.1) is 59.3 Å². The summed E-state index contributed by atoms with van der Waals surface area (Å²) in [7, 11) is 0. The zero-order chi connectivity index (χ0) is 40.6. The van der Waals surface area contributed by atoms with Gasteiger partial charge in [0.15, 0.2) is 0 Å². The van der Waals surface area contributed by atoms with Gasteiger partial charge in [-0.05, 0) is 53.2 Å². The largest absolute Gasteiger partial charge is 2.00 e. The van der Waals surface area contributed by atoms with E-state index in [1.165, 1.54) is 0 Å². The first kappa shape index (κ1) is 36.0. The van der Waals surface area contributed by atoms with Crippen LogP contribution in [0, 0.1) is 24.3 Å². The number of fused-ring (bicyclic) bond motifs is 9. The Balaban J connectivity index is 0.00000236. The van der Waals surface area contributed by atoms with E-state index < -0.39 is 0 Å². The van der Waals surface area contributed by atoms with Gasteiger partial charge in [-0.1, -0.05) is 70.6 Å². The Kier molecular flexibility index (Phi) is 9.20. The molecule has 0 N–H and O–H groups in total. The van der Waals surface area contributed by atoms with Crippen LogP contribution in [-0.4, -0.2) is 33.6 Å². The SMILES string of the molecule is [2H]c1cc(Oc2[c-]c3c(cc2)c2ccc(Oc4[c-]c5c(c([2H])c4)c4ccccc4n5-c4ccccn4)[c-]c2n3-c2ncccn2)[c-]c2c1c1ccccc1n2-c1ccccn1.[Pt+2].[Pt+2]. The Bertz CT molecular complexity index is 3470. The van der Waals surface area contributed by atoms with Crippen molar-refractivity contribution in [3.05, 3.63) is 189 Å². The van der Waals surface area contributed by atoms with Crippen molar-refractivity contribution in [1.29, 1.82) is 0 Å². The van der Waals surface area contributed by atoms with Crippen LogP contribution in [-0.2, 0) is 42.1 Å². The van der Waals surface area contributed by atoms with Gasteiger partial charge in [-0.2, -0.15) is 35.0 Å². The molecular weight excluding hydrogens is 1120 g/mol. The van der Waals surface area contributed by atoms with Crippen LogP contribution < -0.4 is 9.47 Å². The molecule has 0 bridgehead atoms. The van der Waals surface area contributed by atoms with Crippen LogP contribution in [0.3, 0.4) is 0 Å². The first-order chi connectivity index (χ1) is 30.1. The first-order valence-electron chi connectivity index (χ1n) is 19.9. The van der Waals surface area contributed by atoms with Crippen molar-refractivity contribution in [3.8, 4) is 40.6 Å². The van der Waals surface area contributed by atoms with Gasteiger partial charge < -0.3 is 23.2 Å². The average molecular weight is 1150 g/mol. The van der Waals surface area contributed by atoms with Gasteiger partial charge in [0.2, 0.25) is 5.95 Å². The number of pyridine rings is 2. The van der Waals surface area contributed by atoms with Gasteiger partial charge in [0.05, 0.1) is 0 Å². The van der Waals surface area contributed by atoms with Crippen LogP contribution in [0.1, 0.15) is 2.74 Å². The molecule has 11 heteroatoms. The molecule has 0 radical (unpaired) electrons. The number of benzene rings is 6. The zero-order valence-corrected chi connectivity index (χ0v) is 36.1. The van der Waals surface area contributed by atoms with E-state index >= 15 is 0 Å². The van der Waals surface area contributed by atoms with Crippen LogP contribution in [0.2, 0.25) is 0 Å². The molecule has 6 aromatic heterocycles. The number of aromatic nitrogens is 7. The minimum atomic E-state index is 0. The number of rotatable bonds is 7. The van der Waals surface area contributed by atoms with Gasteiger partial charge in [-0.3, -0.25) is 0 Å². The van der Waals surface area contributed by atoms with Gasteiger partial charge in [0, 0.05) is 61.6 Å². The Morgan fingerprint density at radius 3 is 1.25 bits per heavy atom. The standard InChI is InChI=1S/C50H27N7O2.2Pt/c1-3-12-42-36(10-1)38-20-16-32(28-44(38)55(42)48-14-5-7-24-51-48)58-34-18-22-40-41-23-19-35(31-47(41)57(46(40)30-34)50-53-26-9-27-54-50)59-33-17-21-39-37-11-2-4-13-43(37)56(45(39)29-33)49-15-6-8-25-52-49;;/h1-27H;;/q-4;2*+2/i20D,21D;;. The molecule has 0 unspecified atom stereocenters. The Hall–Kier alpha value is -6.92. The minimum absolute atomic E-state index is 0. The summed E-state index contributed by atoms with van der Waals surface area (Å²) in [5.74, 6) is 3.38. The summed E-state index contributed by atoms with van der Waals surface area (Å²) < 4.78 is 37.1. The number of nitrogens with zero attached hydrogens (tertiary/aromatic N) is 7. The summed E-state index contributed by atoms with van der Waals surface area (Å²) in [6, 6.07) is 54.6. The quantitative estimate of drug-likeness (QED) is 0.148. The van der Waals surface area contributed by atoms with Crippen LogP contribution in [0.5, 0.6) is 23.0 Å². The second-order valence-electron chi connectivity index (χ2n) is 13.8. The molecule has 6 aromatic carbocycles. The van der Waals surface area contributed by atoms with Gasteiger partial charge in [0.25, 0.3) is 0 Å². The first-order valence-corrected chi connectivity index (χ1v) is 18.9. The van der Waals surface area contributed by atoms with Gasteiger partial charge >= 0.3 is 42.1 Å². The molecule has 0 aliphatic rings. The monoisotopic (exact) mass is 1150 g/mol. The zero-order valence-electron chi connectivity index (χ0n) is 33.5. The normalized spacial score (nSPS) is 11.8. The average Bonchev–Trinajstić information content (AvgIpc) is 3.92. The van der Waals surface area contributed by atoms with E-state index in [2.05, 4.69) is 44.2 Å². The van der Waals surface area contributed by atoms with Crippen LogP contribution in [0.15, 0.2) is 164 Å². The van der Waals surface area contributed by atoms with E-state index in [-0.39, 0.29) is 42.1 Å². The summed E-state index contributed by atoms with van der Waals surface area (Å²) in [5, 5.41) is 5.12. The molecular formula is C50H27N7O2Pt2. The van der Waals surface area contributed by atoms with Crippen LogP contribution in [0.4, 0.5) is 0 Å². The number of hydrogen-bond acceptors (Lipinski definition) is 6. The molecule has 12 aromatic rings. The summed E-state index contributed by atoms with van der Waals surface area (Å²) >= 11 is 0. The summed E-state index contributed by atoms with van der Waals surface area (Å²) in [5.41, 5.74) is 4.52. The minimum Gasteiger partial charge on any atom is -0.509 e. The van der Waals surface area contributed by atoms with E-state index in [4.69, 9.17) is 12.2 Å². The van der Waals surface area contributed by atoms with Crippen molar-refractivity contribution in [1.82, 2.24) is 33.6 Å². The van der Waals surface area contributed by atoms with Crippen molar-refractivity contribution in [2.45, 2.75) is 0 Å². The maximum Gasteiger partial charge on any atom is 2.00 e. The number of ether oxygens (including phenoxy) is 2. The fourth-order valence-electron chi connectivity index (χ4n) is 7.94. The van der Waals surface area contributed by atoms with Crippen molar-refractivity contribution in [2.24, 2.45) is 0 Å². The molecule has 0 fully saturated rings. The van der Waals surface area contributed by atoms with Crippen molar-refractivity contribution < 1.29 is 54.3 Å². The number of para-hydroxylation sites is 2. The fraction of sp³-hybridized carbons (Fsp3) is 0. The predicted octanol–water partition coefficient (Wildman–Crippen LogP) is 11.3. The fourth-order valence-corrected chi connectivity index (χ4v) is 7.94. The van der Waals surface area contributed by atoms with Gasteiger partial charge in [0.1, 0.15) is 11.6 Å². The molecule has 294 valence electrons. The summed E-state index contributed by atoms with van der Waals surface area (Å²) in [4.78, 5) is 18.5. The van der Waals surface area contributed by atoms with E-state index in [0.29, 0.717) is 74.7 Å². The second kappa shape index (κ2) is 15.6. The van der Waals surface area contributed by atoms with E-state index in [1.807, 2.05) is 123 Å².